The fourth-order valence-electron chi connectivity index (χ4n) is 8.89. The highest BCUT2D eigenvalue weighted by Crippen LogP contribution is 2.47. The zero-order valence-corrected chi connectivity index (χ0v) is 37.5. The van der Waals surface area contributed by atoms with Crippen LogP contribution in [0.2, 0.25) is 0 Å². The summed E-state index contributed by atoms with van der Waals surface area (Å²) >= 11 is 0. The van der Waals surface area contributed by atoms with Gasteiger partial charge in [-0.25, -0.2) is 14.4 Å². The number of nitrogens with zero attached hydrogens (tertiary/aromatic N) is 6. The second kappa shape index (κ2) is 16.7. The first kappa shape index (κ1) is 41.7. The third-order valence-corrected chi connectivity index (χ3v) is 12.4. The summed E-state index contributed by atoms with van der Waals surface area (Å²) in [4.78, 5) is 52.5. The topological polar surface area (TPSA) is 98.3 Å². The van der Waals surface area contributed by atoms with Crippen molar-refractivity contribution in [3.8, 4) is 0 Å². The second-order valence-electron chi connectivity index (χ2n) is 17.1. The van der Waals surface area contributed by atoms with E-state index in [1.165, 1.54) is 0 Å². The highest BCUT2D eigenvalue weighted by Gasteiger charge is 2.40. The Labute approximate surface area is 384 Å². The average molecular weight is 877 g/mol. The van der Waals surface area contributed by atoms with Crippen LogP contribution < -0.4 is 29.4 Å². The normalized spacial score (nSPS) is 16.6. The largest absolute Gasteiger partial charge is 0.433 e. The van der Waals surface area contributed by atoms with E-state index in [1.54, 1.807) is 0 Å². The van der Waals surface area contributed by atoms with Gasteiger partial charge in [-0.3, -0.25) is 0 Å². The Balaban J connectivity index is 1.06. The summed E-state index contributed by atoms with van der Waals surface area (Å²) < 4.78 is 18.6. The van der Waals surface area contributed by atoms with E-state index < -0.39 is 24.7 Å². The Morgan fingerprint density at radius 2 is 0.530 bits per heavy atom. The van der Waals surface area contributed by atoms with Crippen LogP contribution in [0.3, 0.4) is 0 Å². The number of hydrogen-bond donors (Lipinski definition) is 0. The molecule has 66 heavy (non-hydrogen) atoms. The molecule has 10 rings (SSSR count). The van der Waals surface area contributed by atoms with Crippen LogP contribution in [0.25, 0.3) is 0 Å². The minimum atomic E-state index is -0.807. The SMILES string of the molecule is CN(C)c1ccc2c(c1)C(=O)OC2N(c1ccccc1)c1ccc(N(c2ccc(N(c3ccccc3)C3OC(=O)c4cc(N(C)C)ccc43)cc2)C2OC(=O)c3cc(N(C)C)ccc32)cc1. The van der Waals surface area contributed by atoms with Crippen molar-refractivity contribution in [1.29, 1.82) is 0 Å². The molecule has 3 unspecified atom stereocenters. The molecule has 7 aromatic rings. The van der Waals surface area contributed by atoms with Gasteiger partial charge < -0.3 is 43.6 Å². The van der Waals surface area contributed by atoms with Crippen molar-refractivity contribution in [3.05, 3.63) is 197 Å². The number of ether oxygens (including phenoxy) is 3. The molecule has 12 heteroatoms. The Hall–Kier alpha value is -8.25. The number of esters is 3. The lowest BCUT2D eigenvalue weighted by Crippen LogP contribution is -2.26. The Morgan fingerprint density at radius 3 is 0.773 bits per heavy atom. The van der Waals surface area contributed by atoms with Gasteiger partial charge in [-0.1, -0.05) is 54.6 Å². The Kier molecular flexibility index (Phi) is 10.6. The standard InChI is InChI=1S/C54H48N6O6/c1-55(2)40-25-28-43-46(31-40)52(61)64-49(43)58(34-13-9-7-10-14-34)36-17-21-38(22-18-36)60(51-45-30-27-42(57(5)6)33-48(45)54(63)66-51)39-23-19-37(20-24-39)59(35-15-11-8-12-16-35)50-44-29-26-41(56(3)4)32-47(44)53(62)65-50/h7-33,49-51H,1-6H3. The number of hydrogen-bond acceptors (Lipinski definition) is 12. The average Bonchev–Trinajstić information content (AvgIpc) is 3.96. The van der Waals surface area contributed by atoms with E-state index in [0.717, 1.165) is 67.9 Å². The lowest BCUT2D eigenvalue weighted by atomic mass is 10.0. The van der Waals surface area contributed by atoms with Crippen molar-refractivity contribution in [1.82, 2.24) is 0 Å². The van der Waals surface area contributed by atoms with Crippen LogP contribution in [-0.4, -0.2) is 60.2 Å². The van der Waals surface area contributed by atoms with E-state index in [9.17, 15) is 14.4 Å². The van der Waals surface area contributed by atoms with Gasteiger partial charge in [-0.2, -0.15) is 0 Å². The summed E-state index contributed by atoms with van der Waals surface area (Å²) in [6.45, 7) is 0. The van der Waals surface area contributed by atoms with Gasteiger partial charge in [0.05, 0.1) is 16.7 Å². The number of para-hydroxylation sites is 2. The Bertz CT molecular complexity index is 2810. The fraction of sp³-hybridized carbons (Fsp3) is 0.167. The number of rotatable bonds is 12. The number of anilines is 9. The molecule has 0 saturated heterocycles. The van der Waals surface area contributed by atoms with E-state index in [1.807, 2.05) is 235 Å². The maximum Gasteiger partial charge on any atom is 0.340 e. The number of fused-ring (bicyclic) bond motifs is 3. The number of carbonyl (C=O) groups is 3. The lowest BCUT2D eigenvalue weighted by Gasteiger charge is -2.34. The molecule has 330 valence electrons. The first-order valence-corrected chi connectivity index (χ1v) is 21.7. The molecule has 3 aliphatic rings. The van der Waals surface area contributed by atoms with E-state index >= 15 is 0 Å². The van der Waals surface area contributed by atoms with Crippen LogP contribution in [0.4, 0.5) is 51.2 Å². The quantitative estimate of drug-likeness (QED) is 0.0863. The van der Waals surface area contributed by atoms with Crippen LogP contribution in [0.1, 0.15) is 66.4 Å². The van der Waals surface area contributed by atoms with Crippen molar-refractivity contribution in [2.45, 2.75) is 18.7 Å². The molecule has 0 spiro atoms. The van der Waals surface area contributed by atoms with Gasteiger partial charge in [0, 0.05) is 110 Å². The van der Waals surface area contributed by atoms with Crippen LogP contribution >= 0.6 is 0 Å². The molecule has 12 nitrogen and oxygen atoms in total. The van der Waals surface area contributed by atoms with Crippen molar-refractivity contribution in [2.24, 2.45) is 0 Å². The van der Waals surface area contributed by atoms with E-state index in [-0.39, 0.29) is 11.9 Å². The first-order valence-electron chi connectivity index (χ1n) is 21.7. The summed E-state index contributed by atoms with van der Waals surface area (Å²) in [6, 6.07) is 53.0. The molecule has 3 heterocycles. The maximum atomic E-state index is 13.7. The molecule has 3 aliphatic heterocycles. The van der Waals surface area contributed by atoms with Crippen molar-refractivity contribution >= 4 is 69.1 Å². The van der Waals surface area contributed by atoms with Gasteiger partial charge in [-0.15, -0.1) is 0 Å². The van der Waals surface area contributed by atoms with Crippen LogP contribution in [-0.2, 0) is 14.2 Å². The van der Waals surface area contributed by atoms with Crippen molar-refractivity contribution in [2.75, 3.05) is 71.7 Å². The number of carbonyl (C=O) groups excluding carboxylic acids is 3. The highest BCUT2D eigenvalue weighted by molar-refractivity contribution is 5.98. The lowest BCUT2D eigenvalue weighted by molar-refractivity contribution is 0.0388. The predicted molar refractivity (Wildman–Crippen MR) is 259 cm³/mol. The van der Waals surface area contributed by atoms with E-state index in [2.05, 4.69) is 0 Å². The summed E-state index contributed by atoms with van der Waals surface area (Å²) in [7, 11) is 11.6. The number of cyclic esters (lactones) is 3. The minimum absolute atomic E-state index is 0.385. The third kappa shape index (κ3) is 7.35. The molecule has 0 saturated carbocycles. The van der Waals surface area contributed by atoms with Crippen molar-refractivity contribution in [3.63, 3.8) is 0 Å². The van der Waals surface area contributed by atoms with E-state index in [4.69, 9.17) is 14.2 Å². The zero-order valence-electron chi connectivity index (χ0n) is 37.5. The smallest absolute Gasteiger partial charge is 0.340 e. The highest BCUT2D eigenvalue weighted by atomic mass is 16.6. The molecule has 0 N–H and O–H groups in total. The molecule has 0 aliphatic carbocycles. The minimum Gasteiger partial charge on any atom is -0.433 e. The number of benzene rings is 7. The van der Waals surface area contributed by atoms with Gasteiger partial charge in [0.1, 0.15) is 0 Å². The molecule has 0 fully saturated rings. The summed E-state index contributed by atoms with van der Waals surface area (Å²) in [5, 5.41) is 0. The third-order valence-electron chi connectivity index (χ3n) is 12.4. The second-order valence-corrected chi connectivity index (χ2v) is 17.1. The molecular weight excluding hydrogens is 829 g/mol. The molecule has 3 atom stereocenters. The summed E-state index contributed by atoms with van der Waals surface area (Å²) in [5.74, 6) is -1.19. The van der Waals surface area contributed by atoms with Crippen LogP contribution in [0.15, 0.2) is 164 Å². The molecule has 7 aromatic carbocycles. The van der Waals surface area contributed by atoms with E-state index in [0.29, 0.717) is 16.7 Å². The van der Waals surface area contributed by atoms with Gasteiger partial charge in [0.25, 0.3) is 0 Å². The van der Waals surface area contributed by atoms with Gasteiger partial charge in [0.2, 0.25) is 18.7 Å². The summed E-state index contributed by atoms with van der Waals surface area (Å²) in [5.41, 5.74) is 11.2. The van der Waals surface area contributed by atoms with Crippen molar-refractivity contribution < 1.29 is 28.6 Å². The summed E-state index contributed by atoms with van der Waals surface area (Å²) in [6.07, 6.45) is -2.25. The van der Waals surface area contributed by atoms with Crippen LogP contribution in [0, 0.1) is 0 Å². The molecule has 0 amide bonds. The zero-order chi connectivity index (χ0) is 45.8. The molecule has 0 radical (unpaired) electrons. The fourth-order valence-corrected chi connectivity index (χ4v) is 8.89. The maximum absolute atomic E-state index is 13.7. The Morgan fingerprint density at radius 1 is 0.303 bits per heavy atom. The molecule has 0 aromatic heterocycles. The monoisotopic (exact) mass is 876 g/mol. The van der Waals surface area contributed by atoms with Gasteiger partial charge in [-0.05, 0) is 109 Å². The first-order chi connectivity index (χ1) is 31.9. The van der Waals surface area contributed by atoms with Crippen LogP contribution in [0.5, 0.6) is 0 Å². The van der Waals surface area contributed by atoms with Gasteiger partial charge >= 0.3 is 17.9 Å². The molecular formula is C54H48N6O6. The molecule has 0 bridgehead atoms. The predicted octanol–water partition coefficient (Wildman–Crippen LogP) is 10.9. The van der Waals surface area contributed by atoms with Gasteiger partial charge in [0.15, 0.2) is 0 Å².